The molecule has 0 unspecified atom stereocenters. The number of carbonyl (C=O) groups excluding carboxylic acids is 1. The van der Waals surface area contributed by atoms with Gasteiger partial charge in [-0.05, 0) is 43.9 Å². The second-order valence-electron chi connectivity index (χ2n) is 5.31. The lowest BCUT2D eigenvalue weighted by molar-refractivity contribution is -0.117. The van der Waals surface area contributed by atoms with Crippen LogP contribution in [0.15, 0.2) is 0 Å². The maximum atomic E-state index is 11.9. The lowest BCUT2D eigenvalue weighted by atomic mass is 9.86. The lowest BCUT2D eigenvalue weighted by Crippen LogP contribution is -2.20. The molecule has 1 amide bonds. The number of aromatic nitrogens is 2. The molecule has 1 N–H and O–H groups in total. The summed E-state index contributed by atoms with van der Waals surface area (Å²) in [5.74, 6) is 2.44. The number of fused-ring (bicyclic) bond motifs is 2. The highest BCUT2D eigenvalue weighted by atomic mass is 32.1. The van der Waals surface area contributed by atoms with Gasteiger partial charge in [0, 0.05) is 6.42 Å². The molecular weight excluding hydrogens is 234 g/mol. The van der Waals surface area contributed by atoms with Gasteiger partial charge in [0.1, 0.15) is 5.01 Å². The number of nitrogens with one attached hydrogen (secondary N) is 1. The van der Waals surface area contributed by atoms with E-state index in [1.54, 1.807) is 0 Å². The van der Waals surface area contributed by atoms with Crippen molar-refractivity contribution >= 4 is 22.4 Å². The summed E-state index contributed by atoms with van der Waals surface area (Å²) < 4.78 is 0. The van der Waals surface area contributed by atoms with Crippen LogP contribution in [0, 0.1) is 24.7 Å². The van der Waals surface area contributed by atoms with Crippen LogP contribution in [0.25, 0.3) is 0 Å². The molecule has 0 spiro atoms. The summed E-state index contributed by atoms with van der Waals surface area (Å²) in [4.78, 5) is 11.9. The van der Waals surface area contributed by atoms with Gasteiger partial charge in [-0.15, -0.1) is 10.2 Å². The fourth-order valence-electron chi connectivity index (χ4n) is 3.38. The Kier molecular flexibility index (Phi) is 2.86. The Labute approximate surface area is 105 Å². The number of anilines is 1. The molecule has 2 fully saturated rings. The fraction of sp³-hybridized carbons (Fsp3) is 0.750. The average molecular weight is 251 g/mol. The Morgan fingerprint density at radius 2 is 2.29 bits per heavy atom. The van der Waals surface area contributed by atoms with Crippen LogP contribution in [-0.2, 0) is 4.79 Å². The van der Waals surface area contributed by atoms with Crippen molar-refractivity contribution in [3.63, 3.8) is 0 Å². The van der Waals surface area contributed by atoms with Crippen molar-refractivity contribution in [2.75, 3.05) is 5.32 Å². The van der Waals surface area contributed by atoms with E-state index in [1.165, 1.54) is 37.0 Å². The molecule has 3 atom stereocenters. The third-order valence-corrected chi connectivity index (χ3v) is 4.86. The minimum Gasteiger partial charge on any atom is -0.301 e. The second-order valence-corrected chi connectivity index (χ2v) is 6.50. The van der Waals surface area contributed by atoms with E-state index in [9.17, 15) is 4.79 Å². The van der Waals surface area contributed by atoms with Crippen molar-refractivity contribution in [3.05, 3.63) is 5.01 Å². The standard InChI is InChI=1S/C12H17N3OS/c1-7-14-15-12(17-7)13-11(16)6-10-5-8-2-3-9(10)4-8/h8-10H,2-6H2,1H3,(H,13,15,16)/t8-,9-,10+/m0/s1. The molecule has 5 heteroatoms. The monoisotopic (exact) mass is 251 g/mol. The van der Waals surface area contributed by atoms with Gasteiger partial charge in [0.05, 0.1) is 0 Å². The maximum absolute atomic E-state index is 11.9. The van der Waals surface area contributed by atoms with Gasteiger partial charge in [-0.3, -0.25) is 4.79 Å². The van der Waals surface area contributed by atoms with Crippen molar-refractivity contribution < 1.29 is 4.79 Å². The molecular formula is C12H17N3OS. The molecule has 92 valence electrons. The zero-order valence-electron chi connectivity index (χ0n) is 9.98. The van der Waals surface area contributed by atoms with E-state index < -0.39 is 0 Å². The highest BCUT2D eigenvalue weighted by Gasteiger charge is 2.40. The Morgan fingerprint density at radius 3 is 2.88 bits per heavy atom. The van der Waals surface area contributed by atoms with Crippen LogP contribution in [-0.4, -0.2) is 16.1 Å². The summed E-state index contributed by atoms with van der Waals surface area (Å²) in [5.41, 5.74) is 0. The van der Waals surface area contributed by atoms with E-state index in [2.05, 4.69) is 15.5 Å². The van der Waals surface area contributed by atoms with Gasteiger partial charge in [-0.25, -0.2) is 0 Å². The zero-order valence-corrected chi connectivity index (χ0v) is 10.8. The number of amides is 1. The number of hydrogen-bond acceptors (Lipinski definition) is 4. The molecule has 4 nitrogen and oxygen atoms in total. The second kappa shape index (κ2) is 4.37. The smallest absolute Gasteiger partial charge is 0.226 e. The number of hydrogen-bond donors (Lipinski definition) is 1. The van der Waals surface area contributed by atoms with E-state index >= 15 is 0 Å². The predicted molar refractivity (Wildman–Crippen MR) is 66.8 cm³/mol. The van der Waals surface area contributed by atoms with Gasteiger partial charge < -0.3 is 5.32 Å². The normalized spacial score (nSPS) is 30.8. The van der Waals surface area contributed by atoms with Crippen LogP contribution in [0.5, 0.6) is 0 Å². The maximum Gasteiger partial charge on any atom is 0.226 e. The van der Waals surface area contributed by atoms with Crippen LogP contribution in [0.4, 0.5) is 5.13 Å². The van der Waals surface area contributed by atoms with Gasteiger partial charge in [0.15, 0.2) is 0 Å². The Morgan fingerprint density at radius 1 is 1.41 bits per heavy atom. The molecule has 3 rings (SSSR count). The summed E-state index contributed by atoms with van der Waals surface area (Å²) in [6.07, 6.45) is 6.00. The van der Waals surface area contributed by atoms with Gasteiger partial charge in [0.25, 0.3) is 0 Å². The summed E-state index contributed by atoms with van der Waals surface area (Å²) >= 11 is 1.44. The summed E-state index contributed by atoms with van der Waals surface area (Å²) in [5, 5.41) is 12.2. The van der Waals surface area contributed by atoms with E-state index in [1.807, 2.05) is 6.92 Å². The van der Waals surface area contributed by atoms with Gasteiger partial charge in [-0.1, -0.05) is 17.8 Å². The molecule has 1 heterocycles. The third-order valence-electron chi connectivity index (χ3n) is 4.10. The van der Waals surface area contributed by atoms with Gasteiger partial charge in [0.2, 0.25) is 11.0 Å². The van der Waals surface area contributed by atoms with E-state index in [0.29, 0.717) is 17.5 Å². The largest absolute Gasteiger partial charge is 0.301 e. The Bertz CT molecular complexity index is 431. The minimum absolute atomic E-state index is 0.110. The molecule has 2 aliphatic carbocycles. The topological polar surface area (TPSA) is 54.9 Å². The number of nitrogens with zero attached hydrogens (tertiary/aromatic N) is 2. The zero-order chi connectivity index (χ0) is 11.8. The highest BCUT2D eigenvalue weighted by molar-refractivity contribution is 7.15. The lowest BCUT2D eigenvalue weighted by Gasteiger charge is -2.20. The van der Waals surface area contributed by atoms with Gasteiger partial charge >= 0.3 is 0 Å². The van der Waals surface area contributed by atoms with Crippen LogP contribution in [0.1, 0.15) is 37.1 Å². The Hall–Kier alpha value is -0.970. The van der Waals surface area contributed by atoms with E-state index in [-0.39, 0.29) is 5.91 Å². The number of carbonyl (C=O) groups is 1. The fourth-order valence-corrected chi connectivity index (χ4v) is 3.99. The van der Waals surface area contributed by atoms with Crippen molar-refractivity contribution in [1.82, 2.24) is 10.2 Å². The van der Waals surface area contributed by atoms with Gasteiger partial charge in [-0.2, -0.15) is 0 Å². The molecule has 2 saturated carbocycles. The van der Waals surface area contributed by atoms with Crippen LogP contribution in [0.3, 0.4) is 0 Å². The molecule has 17 heavy (non-hydrogen) atoms. The van der Waals surface area contributed by atoms with Crippen molar-refractivity contribution in [2.45, 2.75) is 39.0 Å². The minimum atomic E-state index is 0.110. The van der Waals surface area contributed by atoms with Crippen LogP contribution < -0.4 is 5.32 Å². The highest BCUT2D eigenvalue weighted by Crippen LogP contribution is 2.49. The molecule has 0 radical (unpaired) electrons. The average Bonchev–Trinajstić information content (AvgIpc) is 2.95. The molecule has 0 saturated heterocycles. The van der Waals surface area contributed by atoms with Crippen molar-refractivity contribution in [1.29, 1.82) is 0 Å². The number of rotatable bonds is 3. The summed E-state index contributed by atoms with van der Waals surface area (Å²) in [6.45, 7) is 1.89. The first-order chi connectivity index (χ1) is 8.20. The van der Waals surface area contributed by atoms with E-state index in [0.717, 1.165) is 16.8 Å². The summed E-state index contributed by atoms with van der Waals surface area (Å²) in [7, 11) is 0. The molecule has 0 aliphatic heterocycles. The Balaban J connectivity index is 1.54. The first kappa shape index (κ1) is 11.1. The predicted octanol–water partition coefficient (Wildman–Crippen LogP) is 2.61. The molecule has 1 aromatic heterocycles. The SMILES string of the molecule is Cc1nnc(NC(=O)C[C@H]2C[C@H]3CC[C@H]2C3)s1. The quantitative estimate of drug-likeness (QED) is 0.898. The van der Waals surface area contributed by atoms with Crippen LogP contribution in [0.2, 0.25) is 0 Å². The molecule has 0 aromatic carbocycles. The van der Waals surface area contributed by atoms with E-state index in [4.69, 9.17) is 0 Å². The summed E-state index contributed by atoms with van der Waals surface area (Å²) in [6, 6.07) is 0. The van der Waals surface area contributed by atoms with Crippen molar-refractivity contribution in [3.8, 4) is 0 Å². The molecule has 2 bridgehead atoms. The van der Waals surface area contributed by atoms with Crippen LogP contribution >= 0.6 is 11.3 Å². The molecule has 1 aromatic rings. The van der Waals surface area contributed by atoms with Crippen molar-refractivity contribution in [2.24, 2.45) is 17.8 Å². The number of aryl methyl sites for hydroxylation is 1. The molecule has 2 aliphatic rings. The first-order valence-electron chi connectivity index (χ1n) is 6.30. The first-order valence-corrected chi connectivity index (χ1v) is 7.12. The third kappa shape index (κ3) is 2.34.